The number of non-ortho nitro benzene ring substituents is 1. The molecule has 0 bridgehead atoms. The lowest BCUT2D eigenvalue weighted by Crippen LogP contribution is -2.37. The van der Waals surface area contributed by atoms with Gasteiger partial charge in [0.15, 0.2) is 0 Å². The van der Waals surface area contributed by atoms with E-state index in [9.17, 15) is 15.2 Å². The van der Waals surface area contributed by atoms with Gasteiger partial charge in [0.2, 0.25) is 0 Å². The van der Waals surface area contributed by atoms with Crippen molar-refractivity contribution < 1.29 is 10.0 Å². The molecule has 0 saturated carbocycles. The molecule has 1 aromatic heterocycles. The molecule has 1 N–H and O–H groups in total. The summed E-state index contributed by atoms with van der Waals surface area (Å²) in [5, 5.41) is 20.0. The van der Waals surface area contributed by atoms with Gasteiger partial charge in [-0.3, -0.25) is 15.1 Å². The minimum Gasteiger partial charge on any atom is -0.396 e. The molecule has 7 heteroatoms. The summed E-state index contributed by atoms with van der Waals surface area (Å²) in [5.74, 6) is 1.03. The van der Waals surface area contributed by atoms with Crippen LogP contribution < -0.4 is 4.90 Å². The number of aliphatic hydroxyl groups is 1. The maximum Gasteiger partial charge on any atom is 0.271 e. The lowest BCUT2D eigenvalue weighted by atomic mass is 9.99. The first-order valence-corrected chi connectivity index (χ1v) is 6.94. The van der Waals surface area contributed by atoms with Crippen molar-refractivity contribution in [1.82, 2.24) is 9.97 Å². The molecule has 2 aromatic rings. The van der Waals surface area contributed by atoms with Crippen LogP contribution in [0.15, 0.2) is 24.4 Å². The van der Waals surface area contributed by atoms with Crippen LogP contribution in [-0.2, 0) is 0 Å². The summed E-state index contributed by atoms with van der Waals surface area (Å²) >= 11 is 0. The number of hydrogen-bond donors (Lipinski definition) is 1. The van der Waals surface area contributed by atoms with E-state index in [2.05, 4.69) is 14.9 Å². The zero-order chi connectivity index (χ0) is 14.8. The quantitative estimate of drug-likeness (QED) is 0.683. The van der Waals surface area contributed by atoms with E-state index in [-0.39, 0.29) is 18.2 Å². The number of nitro groups is 1. The summed E-state index contributed by atoms with van der Waals surface area (Å²) in [4.78, 5) is 21.2. The van der Waals surface area contributed by atoms with Crippen LogP contribution >= 0.6 is 0 Å². The Hall–Kier alpha value is -2.28. The van der Waals surface area contributed by atoms with E-state index < -0.39 is 4.92 Å². The Kier molecular flexibility index (Phi) is 3.66. The normalized spacial score (nSPS) is 18.9. The van der Waals surface area contributed by atoms with Crippen molar-refractivity contribution >= 4 is 22.5 Å². The van der Waals surface area contributed by atoms with Gasteiger partial charge in [0.05, 0.1) is 22.2 Å². The predicted octanol–water partition coefficient (Wildman–Crippen LogP) is 1.75. The van der Waals surface area contributed by atoms with Crippen molar-refractivity contribution in [3.63, 3.8) is 0 Å². The van der Waals surface area contributed by atoms with E-state index in [4.69, 9.17) is 0 Å². The van der Waals surface area contributed by atoms with Gasteiger partial charge in [0.25, 0.3) is 5.69 Å². The number of aromatic nitrogens is 2. The summed E-state index contributed by atoms with van der Waals surface area (Å²) in [5.41, 5.74) is 1.18. The van der Waals surface area contributed by atoms with Gasteiger partial charge in [-0.05, 0) is 24.8 Å². The first-order valence-electron chi connectivity index (χ1n) is 6.94. The second-order valence-corrected chi connectivity index (χ2v) is 5.30. The molecule has 110 valence electrons. The summed E-state index contributed by atoms with van der Waals surface area (Å²) in [6.45, 7) is 1.84. The van der Waals surface area contributed by atoms with Gasteiger partial charge < -0.3 is 10.0 Å². The predicted molar refractivity (Wildman–Crippen MR) is 78.2 cm³/mol. The molecule has 1 atom stereocenters. The van der Waals surface area contributed by atoms with Crippen LogP contribution in [0, 0.1) is 16.0 Å². The van der Waals surface area contributed by atoms with Crippen molar-refractivity contribution in [3.05, 3.63) is 34.5 Å². The first-order chi connectivity index (χ1) is 10.2. The van der Waals surface area contributed by atoms with E-state index in [1.165, 1.54) is 12.1 Å². The van der Waals surface area contributed by atoms with Crippen LogP contribution in [0.5, 0.6) is 0 Å². The number of benzene rings is 1. The van der Waals surface area contributed by atoms with Crippen molar-refractivity contribution in [3.8, 4) is 0 Å². The zero-order valence-electron chi connectivity index (χ0n) is 11.5. The van der Waals surface area contributed by atoms with Gasteiger partial charge >= 0.3 is 0 Å². The molecule has 1 fully saturated rings. The van der Waals surface area contributed by atoms with Gasteiger partial charge in [-0.25, -0.2) is 4.98 Å². The highest BCUT2D eigenvalue weighted by Crippen LogP contribution is 2.24. The van der Waals surface area contributed by atoms with Crippen LogP contribution in [0.1, 0.15) is 12.8 Å². The monoisotopic (exact) mass is 288 g/mol. The summed E-state index contributed by atoms with van der Waals surface area (Å²) in [6.07, 6.45) is 3.69. The van der Waals surface area contributed by atoms with Gasteiger partial charge in [0, 0.05) is 31.8 Å². The van der Waals surface area contributed by atoms with Crippen LogP contribution in [0.4, 0.5) is 11.5 Å². The van der Waals surface area contributed by atoms with E-state index in [1.807, 2.05) is 0 Å². The molecule has 1 aliphatic heterocycles. The van der Waals surface area contributed by atoms with Crippen molar-refractivity contribution in [2.75, 3.05) is 24.6 Å². The first kappa shape index (κ1) is 13.7. The molecule has 1 aromatic carbocycles. The molecule has 0 amide bonds. The molecule has 1 aliphatic rings. The number of anilines is 1. The smallest absolute Gasteiger partial charge is 0.271 e. The van der Waals surface area contributed by atoms with Crippen molar-refractivity contribution in [1.29, 1.82) is 0 Å². The Morgan fingerprint density at radius 1 is 1.43 bits per heavy atom. The van der Waals surface area contributed by atoms with Crippen LogP contribution in [-0.4, -0.2) is 39.7 Å². The van der Waals surface area contributed by atoms with Gasteiger partial charge in [0.1, 0.15) is 5.82 Å². The van der Waals surface area contributed by atoms with Crippen LogP contribution in [0.25, 0.3) is 11.0 Å². The highest BCUT2D eigenvalue weighted by atomic mass is 16.6. The summed E-state index contributed by atoms with van der Waals surface area (Å²) < 4.78 is 0. The number of nitrogens with zero attached hydrogens (tertiary/aromatic N) is 4. The Bertz CT molecular complexity index is 676. The second-order valence-electron chi connectivity index (χ2n) is 5.30. The summed E-state index contributed by atoms with van der Waals surface area (Å²) in [6, 6.07) is 4.49. The molecule has 0 aliphatic carbocycles. The fourth-order valence-electron chi connectivity index (χ4n) is 2.68. The molecule has 0 radical (unpaired) electrons. The van der Waals surface area contributed by atoms with Crippen molar-refractivity contribution in [2.24, 2.45) is 5.92 Å². The topological polar surface area (TPSA) is 92.4 Å². The number of rotatable bonds is 3. The SMILES string of the molecule is O=[N+]([O-])c1ccc2nc(N3CCCC(CO)C3)cnc2c1. The Labute approximate surface area is 121 Å². The fourth-order valence-corrected chi connectivity index (χ4v) is 2.68. The second kappa shape index (κ2) is 5.61. The van der Waals surface area contributed by atoms with Gasteiger partial charge in [-0.15, -0.1) is 0 Å². The van der Waals surface area contributed by atoms with E-state index in [0.717, 1.165) is 31.7 Å². The average Bonchev–Trinajstić information content (AvgIpc) is 2.53. The molecule has 3 rings (SSSR count). The number of fused-ring (bicyclic) bond motifs is 1. The molecule has 21 heavy (non-hydrogen) atoms. The van der Waals surface area contributed by atoms with Crippen LogP contribution in [0.2, 0.25) is 0 Å². The molecular weight excluding hydrogens is 272 g/mol. The number of hydrogen-bond acceptors (Lipinski definition) is 6. The number of piperidine rings is 1. The highest BCUT2D eigenvalue weighted by molar-refractivity contribution is 5.78. The molecule has 1 unspecified atom stereocenters. The lowest BCUT2D eigenvalue weighted by Gasteiger charge is -2.32. The lowest BCUT2D eigenvalue weighted by molar-refractivity contribution is -0.384. The maximum absolute atomic E-state index is 10.8. The molecule has 2 heterocycles. The average molecular weight is 288 g/mol. The Balaban J connectivity index is 1.90. The third-order valence-corrected chi connectivity index (χ3v) is 3.83. The third kappa shape index (κ3) is 2.78. The molecule has 0 spiro atoms. The van der Waals surface area contributed by atoms with E-state index in [0.29, 0.717) is 11.0 Å². The maximum atomic E-state index is 10.8. The van der Waals surface area contributed by atoms with Crippen LogP contribution in [0.3, 0.4) is 0 Å². The molecule has 1 saturated heterocycles. The number of aliphatic hydroxyl groups excluding tert-OH is 1. The molecular formula is C14H16N4O3. The van der Waals surface area contributed by atoms with E-state index >= 15 is 0 Å². The number of nitro benzene ring substituents is 1. The highest BCUT2D eigenvalue weighted by Gasteiger charge is 2.20. The van der Waals surface area contributed by atoms with Gasteiger partial charge in [-0.1, -0.05) is 0 Å². The minimum absolute atomic E-state index is 0.0165. The van der Waals surface area contributed by atoms with Gasteiger partial charge in [-0.2, -0.15) is 0 Å². The minimum atomic E-state index is -0.439. The Morgan fingerprint density at radius 2 is 2.29 bits per heavy atom. The zero-order valence-corrected chi connectivity index (χ0v) is 11.5. The summed E-state index contributed by atoms with van der Waals surface area (Å²) in [7, 11) is 0. The molecule has 7 nitrogen and oxygen atoms in total. The fraction of sp³-hybridized carbons (Fsp3) is 0.429. The standard InChI is InChI=1S/C14H16N4O3/c19-9-10-2-1-5-17(8-10)14-7-15-13-6-11(18(20)21)3-4-12(13)16-14/h3-4,6-7,10,19H,1-2,5,8-9H2. The third-order valence-electron chi connectivity index (χ3n) is 3.83. The van der Waals surface area contributed by atoms with E-state index in [1.54, 1.807) is 12.3 Å². The van der Waals surface area contributed by atoms with Crippen molar-refractivity contribution in [2.45, 2.75) is 12.8 Å². The largest absolute Gasteiger partial charge is 0.396 e. The Morgan fingerprint density at radius 3 is 3.05 bits per heavy atom.